The number of amides is 1. The van der Waals surface area contributed by atoms with Gasteiger partial charge in [0, 0.05) is 5.92 Å². The smallest absolute Gasteiger partial charge is 0.325 e. The maximum absolute atomic E-state index is 12.2. The molecule has 1 aliphatic rings. The number of nitrogens with one attached hydrogen (secondary N) is 1. The Morgan fingerprint density at radius 3 is 2.42 bits per heavy atom. The summed E-state index contributed by atoms with van der Waals surface area (Å²) in [6.45, 7) is 4.27. The number of rotatable bonds is 5. The Hall–Kier alpha value is -1.06. The lowest BCUT2D eigenvalue weighted by Crippen LogP contribution is -2.38. The highest BCUT2D eigenvalue weighted by Gasteiger charge is 2.27. The first-order chi connectivity index (χ1) is 9.19. The molecule has 1 rings (SSSR count). The highest BCUT2D eigenvalue weighted by molar-refractivity contribution is 5.83. The Kier molecular flexibility index (Phi) is 7.53. The lowest BCUT2D eigenvalue weighted by Gasteiger charge is -2.27. The van der Waals surface area contributed by atoms with Gasteiger partial charge in [-0.25, -0.2) is 0 Å². The van der Waals surface area contributed by atoms with Gasteiger partial charge in [-0.05, 0) is 25.7 Å². The summed E-state index contributed by atoms with van der Waals surface area (Å²) in [5.41, 5.74) is 0. The third kappa shape index (κ3) is 5.62. The molecule has 0 radical (unpaired) electrons. The van der Waals surface area contributed by atoms with Crippen LogP contribution in [0, 0.1) is 11.8 Å². The van der Waals surface area contributed by atoms with Crippen LogP contribution in [0.25, 0.3) is 0 Å². The van der Waals surface area contributed by atoms with Gasteiger partial charge in [-0.2, -0.15) is 0 Å². The van der Waals surface area contributed by atoms with Gasteiger partial charge in [0.25, 0.3) is 0 Å². The molecule has 1 fully saturated rings. The number of hydrogen-bond acceptors (Lipinski definition) is 3. The van der Waals surface area contributed by atoms with Gasteiger partial charge in [0.1, 0.15) is 6.54 Å². The summed E-state index contributed by atoms with van der Waals surface area (Å²) in [6.07, 6.45) is 7.97. The summed E-state index contributed by atoms with van der Waals surface area (Å²) in [4.78, 5) is 23.5. The summed E-state index contributed by atoms with van der Waals surface area (Å²) >= 11 is 0. The molecular weight excluding hydrogens is 242 g/mol. The van der Waals surface area contributed by atoms with Crippen molar-refractivity contribution < 1.29 is 14.3 Å². The van der Waals surface area contributed by atoms with E-state index in [1.165, 1.54) is 19.3 Å². The minimum absolute atomic E-state index is 0.000389. The summed E-state index contributed by atoms with van der Waals surface area (Å²) in [5, 5.41) is 2.74. The molecule has 0 saturated heterocycles. The van der Waals surface area contributed by atoms with E-state index in [2.05, 4.69) is 12.2 Å². The Balaban J connectivity index is 2.47. The van der Waals surface area contributed by atoms with Crippen LogP contribution in [-0.2, 0) is 14.3 Å². The van der Waals surface area contributed by atoms with Gasteiger partial charge in [-0.15, -0.1) is 0 Å². The minimum atomic E-state index is -0.352. The number of esters is 1. The fourth-order valence-electron chi connectivity index (χ4n) is 2.90. The molecule has 19 heavy (non-hydrogen) atoms. The van der Waals surface area contributed by atoms with Gasteiger partial charge in [0.05, 0.1) is 6.61 Å². The summed E-state index contributed by atoms with van der Waals surface area (Å²) in [6, 6.07) is 0. The SMILES string of the molecule is CCOC(=O)CNC(=O)C1CCCCCCC1CC. The van der Waals surface area contributed by atoms with Crippen LogP contribution in [-0.4, -0.2) is 25.0 Å². The van der Waals surface area contributed by atoms with Crippen molar-refractivity contribution in [1.29, 1.82) is 0 Å². The topological polar surface area (TPSA) is 55.4 Å². The first-order valence-electron chi connectivity index (χ1n) is 7.62. The maximum Gasteiger partial charge on any atom is 0.325 e. The molecule has 4 nitrogen and oxygen atoms in total. The highest BCUT2D eigenvalue weighted by Crippen LogP contribution is 2.30. The van der Waals surface area contributed by atoms with Gasteiger partial charge in [0.15, 0.2) is 0 Å². The second-order valence-electron chi connectivity index (χ2n) is 5.29. The largest absolute Gasteiger partial charge is 0.465 e. The van der Waals surface area contributed by atoms with Gasteiger partial charge in [0.2, 0.25) is 5.91 Å². The quantitative estimate of drug-likeness (QED) is 0.781. The number of ether oxygens (including phenoxy) is 1. The Bertz CT molecular complexity index is 291. The van der Waals surface area contributed by atoms with E-state index < -0.39 is 0 Å². The van der Waals surface area contributed by atoms with Crippen molar-refractivity contribution in [2.24, 2.45) is 11.8 Å². The number of carbonyl (C=O) groups is 2. The average Bonchev–Trinajstić information content (AvgIpc) is 2.36. The number of carbonyl (C=O) groups excluding carboxylic acids is 2. The van der Waals surface area contributed by atoms with E-state index in [4.69, 9.17) is 4.74 Å². The fourth-order valence-corrected chi connectivity index (χ4v) is 2.90. The Morgan fingerprint density at radius 2 is 1.79 bits per heavy atom. The molecule has 0 heterocycles. The van der Waals surface area contributed by atoms with Gasteiger partial charge >= 0.3 is 5.97 Å². The summed E-state index contributed by atoms with van der Waals surface area (Å²) in [7, 11) is 0. The molecule has 0 aromatic rings. The molecule has 1 aliphatic carbocycles. The van der Waals surface area contributed by atoms with Crippen LogP contribution in [0.2, 0.25) is 0 Å². The molecule has 0 bridgehead atoms. The second-order valence-corrected chi connectivity index (χ2v) is 5.29. The fraction of sp³-hybridized carbons (Fsp3) is 0.867. The van der Waals surface area contributed by atoms with Gasteiger partial charge < -0.3 is 10.1 Å². The van der Waals surface area contributed by atoms with Crippen molar-refractivity contribution >= 4 is 11.9 Å². The average molecular weight is 269 g/mol. The van der Waals surface area contributed by atoms with E-state index in [9.17, 15) is 9.59 Å². The van der Waals surface area contributed by atoms with Crippen molar-refractivity contribution in [3.63, 3.8) is 0 Å². The minimum Gasteiger partial charge on any atom is -0.465 e. The molecule has 0 aromatic heterocycles. The summed E-state index contributed by atoms with van der Waals surface area (Å²) in [5.74, 6) is 0.207. The van der Waals surface area contributed by atoms with E-state index >= 15 is 0 Å². The van der Waals surface area contributed by atoms with E-state index in [1.807, 2.05) is 0 Å². The Labute approximate surface area is 116 Å². The number of hydrogen-bond donors (Lipinski definition) is 1. The molecule has 2 atom stereocenters. The molecule has 4 heteroatoms. The van der Waals surface area contributed by atoms with E-state index in [0.717, 1.165) is 25.7 Å². The molecule has 1 N–H and O–H groups in total. The summed E-state index contributed by atoms with van der Waals surface area (Å²) < 4.78 is 4.82. The van der Waals surface area contributed by atoms with Crippen molar-refractivity contribution in [3.8, 4) is 0 Å². The molecule has 110 valence electrons. The zero-order chi connectivity index (χ0) is 14.1. The molecule has 0 spiro atoms. The van der Waals surface area contributed by atoms with Crippen LogP contribution in [0.15, 0.2) is 0 Å². The van der Waals surface area contributed by atoms with Crippen molar-refractivity contribution in [2.45, 2.75) is 58.8 Å². The molecule has 0 aliphatic heterocycles. The normalized spacial score (nSPS) is 24.1. The van der Waals surface area contributed by atoms with Crippen LogP contribution in [0.4, 0.5) is 0 Å². The third-order valence-electron chi connectivity index (χ3n) is 3.98. The monoisotopic (exact) mass is 269 g/mol. The second kappa shape index (κ2) is 8.94. The standard InChI is InChI=1S/C15H27NO3/c1-3-12-9-7-5-6-8-10-13(12)15(18)16-11-14(17)19-4-2/h12-13H,3-11H2,1-2H3,(H,16,18). The van der Waals surface area contributed by atoms with Crippen LogP contribution in [0.1, 0.15) is 58.8 Å². The van der Waals surface area contributed by atoms with Crippen LogP contribution in [0.3, 0.4) is 0 Å². The predicted molar refractivity (Wildman–Crippen MR) is 74.6 cm³/mol. The predicted octanol–water partition coefficient (Wildman–Crippen LogP) is 2.66. The van der Waals surface area contributed by atoms with Gasteiger partial charge in [-0.1, -0.05) is 39.0 Å². The maximum atomic E-state index is 12.2. The third-order valence-corrected chi connectivity index (χ3v) is 3.98. The first kappa shape index (κ1) is 16.0. The van der Waals surface area contributed by atoms with Crippen molar-refractivity contribution in [1.82, 2.24) is 5.32 Å². The zero-order valence-electron chi connectivity index (χ0n) is 12.2. The zero-order valence-corrected chi connectivity index (χ0v) is 12.2. The molecular formula is C15H27NO3. The lowest BCUT2D eigenvalue weighted by molar-refractivity contribution is -0.144. The van der Waals surface area contributed by atoms with Crippen LogP contribution >= 0.6 is 0 Å². The van der Waals surface area contributed by atoms with E-state index in [1.54, 1.807) is 6.92 Å². The van der Waals surface area contributed by atoms with Crippen LogP contribution < -0.4 is 5.32 Å². The first-order valence-corrected chi connectivity index (χ1v) is 7.62. The molecule has 0 aromatic carbocycles. The molecule has 1 amide bonds. The van der Waals surface area contributed by atoms with Crippen molar-refractivity contribution in [2.75, 3.05) is 13.2 Å². The van der Waals surface area contributed by atoms with E-state index in [0.29, 0.717) is 12.5 Å². The molecule has 1 saturated carbocycles. The highest BCUT2D eigenvalue weighted by atomic mass is 16.5. The van der Waals surface area contributed by atoms with E-state index in [-0.39, 0.29) is 24.3 Å². The van der Waals surface area contributed by atoms with Gasteiger partial charge in [-0.3, -0.25) is 9.59 Å². The lowest BCUT2D eigenvalue weighted by atomic mass is 9.79. The van der Waals surface area contributed by atoms with Crippen molar-refractivity contribution in [3.05, 3.63) is 0 Å². The Morgan fingerprint density at radius 1 is 1.11 bits per heavy atom. The molecule has 2 unspecified atom stereocenters. The van der Waals surface area contributed by atoms with Crippen LogP contribution in [0.5, 0.6) is 0 Å².